The lowest BCUT2D eigenvalue weighted by Gasteiger charge is -2.35. The summed E-state index contributed by atoms with van der Waals surface area (Å²) in [5.41, 5.74) is 1.20. The van der Waals surface area contributed by atoms with E-state index in [0.29, 0.717) is 36.8 Å². The molecular formula is C20H19ClN2O4. The number of rotatable bonds is 4. The smallest absolute Gasteiger partial charge is 0.335 e. The minimum absolute atomic E-state index is 0.0249. The molecule has 0 spiro atoms. The third kappa shape index (κ3) is 4.46. The Kier molecular flexibility index (Phi) is 5.76. The van der Waals surface area contributed by atoms with Gasteiger partial charge in [0, 0.05) is 36.8 Å². The molecule has 0 radical (unpaired) electrons. The molecule has 0 saturated carbocycles. The topological polar surface area (TPSA) is 77.9 Å². The van der Waals surface area contributed by atoms with Crippen LogP contribution in [0.5, 0.6) is 0 Å². The van der Waals surface area contributed by atoms with Gasteiger partial charge in [0.05, 0.1) is 12.0 Å². The second-order valence-electron chi connectivity index (χ2n) is 6.33. The first-order chi connectivity index (χ1) is 13.0. The maximum Gasteiger partial charge on any atom is 0.335 e. The molecule has 6 nitrogen and oxygen atoms in total. The Labute approximate surface area is 162 Å². The second kappa shape index (κ2) is 8.22. The van der Waals surface area contributed by atoms with Gasteiger partial charge in [-0.1, -0.05) is 35.9 Å². The molecule has 140 valence electrons. The summed E-state index contributed by atoms with van der Waals surface area (Å²) in [4.78, 5) is 39.5. The van der Waals surface area contributed by atoms with Crippen molar-refractivity contribution in [2.24, 2.45) is 0 Å². The second-order valence-corrected chi connectivity index (χ2v) is 6.73. The summed E-state index contributed by atoms with van der Waals surface area (Å²) in [6.45, 7) is 1.69. The zero-order chi connectivity index (χ0) is 19.4. The van der Waals surface area contributed by atoms with Crippen LogP contribution in [0.25, 0.3) is 0 Å². The largest absolute Gasteiger partial charge is 0.478 e. The van der Waals surface area contributed by atoms with Crippen molar-refractivity contribution in [1.29, 1.82) is 0 Å². The maximum atomic E-state index is 12.6. The normalized spacial score (nSPS) is 14.1. The Bertz CT molecular complexity index is 876. The van der Waals surface area contributed by atoms with Gasteiger partial charge in [-0.3, -0.25) is 9.59 Å². The first-order valence-electron chi connectivity index (χ1n) is 8.59. The number of aromatic carboxylic acids is 1. The van der Waals surface area contributed by atoms with Crippen LogP contribution in [-0.4, -0.2) is 58.9 Å². The highest BCUT2D eigenvalue weighted by atomic mass is 35.5. The number of hydrogen-bond acceptors (Lipinski definition) is 3. The van der Waals surface area contributed by atoms with Gasteiger partial charge in [-0.05, 0) is 29.8 Å². The lowest BCUT2D eigenvalue weighted by Crippen LogP contribution is -2.51. The molecule has 0 bridgehead atoms. The molecule has 1 aliphatic heterocycles. The molecule has 0 atom stereocenters. The van der Waals surface area contributed by atoms with Gasteiger partial charge in [0.25, 0.3) is 5.91 Å². The van der Waals surface area contributed by atoms with Gasteiger partial charge in [0.1, 0.15) is 0 Å². The molecule has 2 aromatic rings. The molecule has 1 N–H and O–H groups in total. The predicted octanol–water partition coefficient (Wildman–Crippen LogP) is 2.57. The van der Waals surface area contributed by atoms with Crippen molar-refractivity contribution in [2.45, 2.75) is 6.42 Å². The fourth-order valence-electron chi connectivity index (χ4n) is 3.04. The minimum atomic E-state index is -1.07. The lowest BCUT2D eigenvalue weighted by molar-refractivity contribution is -0.131. The van der Waals surface area contributed by atoms with E-state index in [0.717, 1.165) is 5.56 Å². The molecule has 2 amide bonds. The van der Waals surface area contributed by atoms with Gasteiger partial charge < -0.3 is 14.9 Å². The van der Waals surface area contributed by atoms with Gasteiger partial charge in [-0.25, -0.2) is 4.79 Å². The first-order valence-corrected chi connectivity index (χ1v) is 8.97. The van der Waals surface area contributed by atoms with Gasteiger partial charge in [-0.15, -0.1) is 0 Å². The zero-order valence-electron chi connectivity index (χ0n) is 14.6. The molecule has 0 unspecified atom stereocenters. The average molecular weight is 387 g/mol. The number of halogens is 1. The van der Waals surface area contributed by atoms with E-state index in [9.17, 15) is 14.4 Å². The maximum absolute atomic E-state index is 12.6. The Balaban J connectivity index is 1.59. The number of carbonyl (C=O) groups excluding carboxylic acids is 2. The first kappa shape index (κ1) is 18.9. The fraction of sp³-hybridized carbons (Fsp3) is 0.250. The molecule has 1 saturated heterocycles. The van der Waals surface area contributed by atoms with E-state index in [1.807, 2.05) is 18.2 Å². The van der Waals surface area contributed by atoms with E-state index in [4.69, 9.17) is 16.7 Å². The van der Waals surface area contributed by atoms with Gasteiger partial charge >= 0.3 is 5.97 Å². The van der Waals surface area contributed by atoms with Crippen LogP contribution in [0.15, 0.2) is 48.5 Å². The standard InChI is InChI=1S/C20H19ClN2O4/c21-17-7-2-1-4-14(17)13-18(24)22-8-10-23(11-9-22)19(25)15-5-3-6-16(12-15)20(26)27/h1-7,12H,8-11,13H2,(H,26,27). The summed E-state index contributed by atoms with van der Waals surface area (Å²) in [5, 5.41) is 9.63. The van der Waals surface area contributed by atoms with Crippen molar-refractivity contribution in [3.05, 3.63) is 70.2 Å². The van der Waals surface area contributed by atoms with Crippen LogP contribution in [0.4, 0.5) is 0 Å². The summed E-state index contributed by atoms with van der Waals surface area (Å²) in [6.07, 6.45) is 0.230. The minimum Gasteiger partial charge on any atom is -0.478 e. The number of nitrogens with zero attached hydrogens (tertiary/aromatic N) is 2. The van der Waals surface area contributed by atoms with Crippen molar-refractivity contribution in [3.8, 4) is 0 Å². The summed E-state index contributed by atoms with van der Waals surface area (Å²) < 4.78 is 0. The number of amides is 2. The molecule has 1 fully saturated rings. The molecule has 1 aliphatic rings. The predicted molar refractivity (Wildman–Crippen MR) is 101 cm³/mol. The van der Waals surface area contributed by atoms with Crippen molar-refractivity contribution in [1.82, 2.24) is 9.80 Å². The van der Waals surface area contributed by atoms with Crippen LogP contribution >= 0.6 is 11.6 Å². The van der Waals surface area contributed by atoms with Gasteiger partial charge in [0.15, 0.2) is 0 Å². The third-order valence-corrected chi connectivity index (χ3v) is 4.94. The van der Waals surface area contributed by atoms with Crippen molar-refractivity contribution < 1.29 is 19.5 Å². The van der Waals surface area contributed by atoms with Crippen molar-refractivity contribution in [3.63, 3.8) is 0 Å². The number of piperazine rings is 1. The quantitative estimate of drug-likeness (QED) is 0.876. The Hall–Kier alpha value is -2.86. The van der Waals surface area contributed by atoms with Crippen LogP contribution in [0.2, 0.25) is 5.02 Å². The number of carboxylic acid groups (broad SMARTS) is 1. The van der Waals surface area contributed by atoms with Gasteiger partial charge in [0.2, 0.25) is 5.91 Å². The zero-order valence-corrected chi connectivity index (χ0v) is 15.4. The van der Waals surface area contributed by atoms with E-state index >= 15 is 0 Å². The van der Waals surface area contributed by atoms with E-state index in [2.05, 4.69) is 0 Å². The van der Waals surface area contributed by atoms with E-state index < -0.39 is 5.97 Å². The van der Waals surface area contributed by atoms with E-state index in [1.54, 1.807) is 28.0 Å². The molecule has 1 heterocycles. The van der Waals surface area contributed by atoms with E-state index in [-0.39, 0.29) is 23.8 Å². The van der Waals surface area contributed by atoms with Crippen molar-refractivity contribution >= 4 is 29.4 Å². The van der Waals surface area contributed by atoms with Crippen LogP contribution in [0, 0.1) is 0 Å². The Morgan fingerprint density at radius 3 is 2.19 bits per heavy atom. The summed E-state index contributed by atoms with van der Waals surface area (Å²) in [5.74, 6) is -1.32. The third-order valence-electron chi connectivity index (χ3n) is 4.58. The fourth-order valence-corrected chi connectivity index (χ4v) is 3.25. The molecule has 7 heteroatoms. The SMILES string of the molecule is O=C(O)c1cccc(C(=O)N2CCN(C(=O)Cc3ccccc3Cl)CC2)c1. The number of benzene rings is 2. The number of carboxylic acids is 1. The van der Waals surface area contributed by atoms with Crippen LogP contribution in [-0.2, 0) is 11.2 Å². The van der Waals surface area contributed by atoms with Crippen LogP contribution in [0.1, 0.15) is 26.3 Å². The monoisotopic (exact) mass is 386 g/mol. The summed E-state index contributed by atoms with van der Waals surface area (Å²) in [7, 11) is 0. The van der Waals surface area contributed by atoms with Gasteiger partial charge in [-0.2, -0.15) is 0 Å². The highest BCUT2D eigenvalue weighted by Crippen LogP contribution is 2.17. The number of hydrogen-bond donors (Lipinski definition) is 1. The molecular weight excluding hydrogens is 368 g/mol. The number of carbonyl (C=O) groups is 3. The molecule has 27 heavy (non-hydrogen) atoms. The Morgan fingerprint density at radius 1 is 0.889 bits per heavy atom. The molecule has 3 rings (SSSR count). The summed E-state index contributed by atoms with van der Waals surface area (Å²) >= 11 is 6.11. The molecule has 0 aliphatic carbocycles. The van der Waals surface area contributed by atoms with Crippen LogP contribution in [0.3, 0.4) is 0 Å². The average Bonchev–Trinajstić information content (AvgIpc) is 2.69. The Morgan fingerprint density at radius 2 is 1.52 bits per heavy atom. The highest BCUT2D eigenvalue weighted by molar-refractivity contribution is 6.31. The highest BCUT2D eigenvalue weighted by Gasteiger charge is 2.25. The van der Waals surface area contributed by atoms with E-state index in [1.165, 1.54) is 12.1 Å². The molecule has 2 aromatic carbocycles. The molecule has 0 aromatic heterocycles. The lowest BCUT2D eigenvalue weighted by atomic mass is 10.1. The summed E-state index contributed by atoms with van der Waals surface area (Å²) in [6, 6.07) is 13.2. The van der Waals surface area contributed by atoms with Crippen molar-refractivity contribution in [2.75, 3.05) is 26.2 Å². The van der Waals surface area contributed by atoms with Crippen LogP contribution < -0.4 is 0 Å².